The van der Waals surface area contributed by atoms with Gasteiger partial charge in [-0.1, -0.05) is 6.92 Å². The highest BCUT2D eigenvalue weighted by Gasteiger charge is 2.00. The third-order valence-corrected chi connectivity index (χ3v) is 1.91. The van der Waals surface area contributed by atoms with Gasteiger partial charge in [0, 0.05) is 18.1 Å². The van der Waals surface area contributed by atoms with Gasteiger partial charge in [0.1, 0.15) is 11.5 Å². The SMILES string of the molecule is CCc1cnc2ccc(F)cn12. The quantitative estimate of drug-likeness (QED) is 0.630. The third kappa shape index (κ3) is 0.978. The highest BCUT2D eigenvalue weighted by atomic mass is 19.1. The number of aryl methyl sites for hydroxylation is 1. The van der Waals surface area contributed by atoms with E-state index in [0.29, 0.717) is 0 Å². The molecule has 0 bridgehead atoms. The molecule has 0 aromatic carbocycles. The van der Waals surface area contributed by atoms with Crippen LogP contribution in [-0.4, -0.2) is 9.38 Å². The maximum absolute atomic E-state index is 12.8. The molecule has 0 aliphatic carbocycles. The molecule has 0 saturated carbocycles. The zero-order valence-corrected chi connectivity index (χ0v) is 6.79. The Morgan fingerprint density at radius 3 is 3.08 bits per heavy atom. The van der Waals surface area contributed by atoms with Gasteiger partial charge in [0.2, 0.25) is 0 Å². The summed E-state index contributed by atoms with van der Waals surface area (Å²) in [4.78, 5) is 4.13. The Morgan fingerprint density at radius 2 is 2.33 bits per heavy atom. The van der Waals surface area contributed by atoms with Gasteiger partial charge in [0.15, 0.2) is 0 Å². The highest BCUT2D eigenvalue weighted by Crippen LogP contribution is 2.08. The molecule has 0 atom stereocenters. The van der Waals surface area contributed by atoms with Crippen LogP contribution in [0.15, 0.2) is 24.5 Å². The summed E-state index contributed by atoms with van der Waals surface area (Å²) < 4.78 is 14.6. The molecule has 0 N–H and O–H groups in total. The minimum atomic E-state index is -0.227. The van der Waals surface area contributed by atoms with Gasteiger partial charge in [-0.15, -0.1) is 0 Å². The minimum absolute atomic E-state index is 0.227. The van der Waals surface area contributed by atoms with Crippen LogP contribution in [0.25, 0.3) is 5.65 Å². The number of halogens is 1. The van der Waals surface area contributed by atoms with E-state index in [1.165, 1.54) is 12.3 Å². The van der Waals surface area contributed by atoms with Gasteiger partial charge in [0.25, 0.3) is 0 Å². The summed E-state index contributed by atoms with van der Waals surface area (Å²) in [5, 5.41) is 0. The molecule has 0 amide bonds. The predicted octanol–water partition coefficient (Wildman–Crippen LogP) is 2.04. The van der Waals surface area contributed by atoms with E-state index in [-0.39, 0.29) is 5.82 Å². The first-order valence-electron chi connectivity index (χ1n) is 3.92. The van der Waals surface area contributed by atoms with E-state index >= 15 is 0 Å². The van der Waals surface area contributed by atoms with Crippen LogP contribution < -0.4 is 0 Å². The summed E-state index contributed by atoms with van der Waals surface area (Å²) in [5.74, 6) is -0.227. The topological polar surface area (TPSA) is 17.3 Å². The third-order valence-electron chi connectivity index (χ3n) is 1.91. The van der Waals surface area contributed by atoms with Crippen LogP contribution in [0, 0.1) is 5.82 Å². The molecule has 0 aliphatic heterocycles. The Morgan fingerprint density at radius 1 is 1.50 bits per heavy atom. The van der Waals surface area contributed by atoms with E-state index in [1.807, 2.05) is 6.92 Å². The first-order chi connectivity index (χ1) is 5.81. The van der Waals surface area contributed by atoms with Crippen molar-refractivity contribution in [2.24, 2.45) is 0 Å². The van der Waals surface area contributed by atoms with Crippen LogP contribution >= 0.6 is 0 Å². The molecular formula is C9H9FN2. The number of pyridine rings is 1. The number of rotatable bonds is 1. The van der Waals surface area contributed by atoms with E-state index < -0.39 is 0 Å². The number of imidazole rings is 1. The van der Waals surface area contributed by atoms with Crippen LogP contribution in [0.2, 0.25) is 0 Å². The molecule has 0 fully saturated rings. The summed E-state index contributed by atoms with van der Waals surface area (Å²) in [6.07, 6.45) is 4.10. The van der Waals surface area contributed by atoms with Crippen molar-refractivity contribution in [3.05, 3.63) is 36.0 Å². The van der Waals surface area contributed by atoms with E-state index in [2.05, 4.69) is 4.98 Å². The molecular weight excluding hydrogens is 155 g/mol. The molecule has 0 unspecified atom stereocenters. The van der Waals surface area contributed by atoms with Gasteiger partial charge in [-0.25, -0.2) is 9.37 Å². The zero-order chi connectivity index (χ0) is 8.55. The van der Waals surface area contributed by atoms with Crippen molar-refractivity contribution in [1.29, 1.82) is 0 Å². The van der Waals surface area contributed by atoms with Crippen molar-refractivity contribution in [2.45, 2.75) is 13.3 Å². The average Bonchev–Trinajstić information content (AvgIpc) is 2.46. The number of hydrogen-bond donors (Lipinski definition) is 0. The maximum Gasteiger partial charge on any atom is 0.139 e. The molecule has 3 heteroatoms. The van der Waals surface area contributed by atoms with Crippen LogP contribution in [0.3, 0.4) is 0 Å². The summed E-state index contributed by atoms with van der Waals surface area (Å²) in [7, 11) is 0. The van der Waals surface area contributed by atoms with Gasteiger partial charge in [-0.3, -0.25) is 0 Å². The second kappa shape index (κ2) is 2.59. The van der Waals surface area contributed by atoms with E-state index in [4.69, 9.17) is 0 Å². The lowest BCUT2D eigenvalue weighted by Crippen LogP contribution is -1.91. The molecule has 62 valence electrons. The van der Waals surface area contributed by atoms with Crippen molar-refractivity contribution in [3.63, 3.8) is 0 Å². The van der Waals surface area contributed by atoms with Crippen LogP contribution in [0.1, 0.15) is 12.6 Å². The summed E-state index contributed by atoms with van der Waals surface area (Å²) in [5.41, 5.74) is 1.83. The zero-order valence-electron chi connectivity index (χ0n) is 6.79. The lowest BCUT2D eigenvalue weighted by Gasteiger charge is -1.96. The molecule has 12 heavy (non-hydrogen) atoms. The fraction of sp³-hybridized carbons (Fsp3) is 0.222. The van der Waals surface area contributed by atoms with Crippen molar-refractivity contribution in [1.82, 2.24) is 9.38 Å². The molecule has 2 aromatic rings. The van der Waals surface area contributed by atoms with Crippen molar-refractivity contribution < 1.29 is 4.39 Å². The maximum atomic E-state index is 12.8. The summed E-state index contributed by atoms with van der Waals surface area (Å²) in [6.45, 7) is 2.02. The van der Waals surface area contributed by atoms with Crippen LogP contribution in [0.5, 0.6) is 0 Å². The Kier molecular flexibility index (Phi) is 1.57. The summed E-state index contributed by atoms with van der Waals surface area (Å²) in [6, 6.07) is 3.09. The average molecular weight is 164 g/mol. The lowest BCUT2D eigenvalue weighted by molar-refractivity contribution is 0.618. The molecule has 0 radical (unpaired) electrons. The predicted molar refractivity (Wildman–Crippen MR) is 44.5 cm³/mol. The molecule has 2 aromatic heterocycles. The van der Waals surface area contributed by atoms with E-state index in [1.54, 1.807) is 16.7 Å². The number of aromatic nitrogens is 2. The normalized spacial score (nSPS) is 10.8. The number of hydrogen-bond acceptors (Lipinski definition) is 1. The first kappa shape index (κ1) is 7.28. The Labute approximate surface area is 69.7 Å². The molecule has 2 rings (SSSR count). The molecule has 2 heterocycles. The van der Waals surface area contributed by atoms with Crippen LogP contribution in [-0.2, 0) is 6.42 Å². The second-order valence-electron chi connectivity index (χ2n) is 2.68. The second-order valence-corrected chi connectivity index (χ2v) is 2.68. The fourth-order valence-corrected chi connectivity index (χ4v) is 1.27. The minimum Gasteiger partial charge on any atom is -0.301 e. The molecule has 0 aliphatic rings. The standard InChI is InChI=1S/C9H9FN2/c1-2-8-5-11-9-4-3-7(10)6-12(8)9/h3-6H,2H2,1H3. The lowest BCUT2D eigenvalue weighted by atomic mass is 10.3. The Hall–Kier alpha value is -1.38. The highest BCUT2D eigenvalue weighted by molar-refractivity contribution is 5.40. The molecule has 0 saturated heterocycles. The number of nitrogens with zero attached hydrogens (tertiary/aromatic N) is 2. The monoisotopic (exact) mass is 164 g/mol. The van der Waals surface area contributed by atoms with Crippen molar-refractivity contribution in [2.75, 3.05) is 0 Å². The van der Waals surface area contributed by atoms with Gasteiger partial charge < -0.3 is 4.40 Å². The Balaban J connectivity index is 2.75. The molecule has 2 nitrogen and oxygen atoms in total. The fourth-order valence-electron chi connectivity index (χ4n) is 1.27. The number of fused-ring (bicyclic) bond motifs is 1. The van der Waals surface area contributed by atoms with Gasteiger partial charge in [-0.2, -0.15) is 0 Å². The molecule has 0 spiro atoms. The van der Waals surface area contributed by atoms with Gasteiger partial charge in [0.05, 0.1) is 0 Å². The van der Waals surface area contributed by atoms with E-state index in [9.17, 15) is 4.39 Å². The van der Waals surface area contributed by atoms with Gasteiger partial charge >= 0.3 is 0 Å². The van der Waals surface area contributed by atoms with Gasteiger partial charge in [-0.05, 0) is 18.6 Å². The largest absolute Gasteiger partial charge is 0.301 e. The van der Waals surface area contributed by atoms with E-state index in [0.717, 1.165) is 17.8 Å². The Bertz CT molecular complexity index is 406. The van der Waals surface area contributed by atoms with Crippen molar-refractivity contribution in [3.8, 4) is 0 Å². The van der Waals surface area contributed by atoms with Crippen LogP contribution in [0.4, 0.5) is 4.39 Å². The van der Waals surface area contributed by atoms with Crippen molar-refractivity contribution >= 4 is 5.65 Å². The first-order valence-corrected chi connectivity index (χ1v) is 3.92. The smallest absolute Gasteiger partial charge is 0.139 e. The summed E-state index contributed by atoms with van der Waals surface area (Å²) >= 11 is 0.